The van der Waals surface area contributed by atoms with Crippen LogP contribution in [-0.4, -0.2) is 53.2 Å². The van der Waals surface area contributed by atoms with Gasteiger partial charge in [-0.1, -0.05) is 45.4 Å². The molecule has 0 aromatic carbocycles. The van der Waals surface area contributed by atoms with Gasteiger partial charge in [-0.25, -0.2) is 0 Å². The van der Waals surface area contributed by atoms with Gasteiger partial charge >= 0.3 is 0 Å². The zero-order valence-corrected chi connectivity index (χ0v) is 14.8. The van der Waals surface area contributed by atoms with Gasteiger partial charge in [0.2, 0.25) is 0 Å². The van der Waals surface area contributed by atoms with Gasteiger partial charge < -0.3 is 23.7 Å². The predicted molar refractivity (Wildman–Crippen MR) is 85.8 cm³/mol. The maximum Gasteiger partial charge on any atom is 0.287 e. The Balaban J connectivity index is 2.37. The van der Waals surface area contributed by atoms with E-state index < -0.39 is 5.97 Å². The average molecular weight is 318 g/mol. The first-order valence-electron chi connectivity index (χ1n) is 8.57. The van der Waals surface area contributed by atoms with E-state index in [1.54, 1.807) is 21.3 Å². The molecular formula is C17H34O5. The van der Waals surface area contributed by atoms with Crippen molar-refractivity contribution in [3.8, 4) is 0 Å². The van der Waals surface area contributed by atoms with Crippen molar-refractivity contribution in [3.05, 3.63) is 0 Å². The zero-order chi connectivity index (χ0) is 16.3. The van der Waals surface area contributed by atoms with Crippen LogP contribution in [0.15, 0.2) is 0 Å². The minimum atomic E-state index is -1.02. The highest BCUT2D eigenvalue weighted by Gasteiger charge is 2.40. The third-order valence-electron chi connectivity index (χ3n) is 4.28. The minimum Gasteiger partial charge on any atom is -0.378 e. The molecule has 0 saturated carbocycles. The lowest BCUT2D eigenvalue weighted by Gasteiger charge is -2.36. The van der Waals surface area contributed by atoms with Gasteiger partial charge in [-0.15, -0.1) is 0 Å². The number of unbranched alkanes of at least 4 members (excludes halogenated alkanes) is 5. The molecule has 1 aliphatic rings. The minimum absolute atomic E-state index is 0.0532. The molecule has 2 unspecified atom stereocenters. The third kappa shape index (κ3) is 6.92. The molecule has 1 aliphatic heterocycles. The first-order chi connectivity index (χ1) is 10.7. The quantitative estimate of drug-likeness (QED) is 0.263. The predicted octanol–water partition coefficient (Wildman–Crippen LogP) is 3.36. The highest BCUT2D eigenvalue weighted by molar-refractivity contribution is 4.73. The van der Waals surface area contributed by atoms with Crippen LogP contribution >= 0.6 is 0 Å². The molecule has 5 heteroatoms. The standard InChI is InChI=1S/C17H34O5/c1-5-6-7-8-9-10-11-15(12-21-13-16-14-22-16)17(18-2,19-3)20-4/h15-16H,5-14H2,1-4H3. The lowest BCUT2D eigenvalue weighted by atomic mass is 9.98. The summed E-state index contributed by atoms with van der Waals surface area (Å²) in [5.74, 6) is -0.967. The molecule has 0 aromatic rings. The highest BCUT2D eigenvalue weighted by Crippen LogP contribution is 2.29. The Labute approximate surface area is 135 Å². The van der Waals surface area contributed by atoms with E-state index in [2.05, 4.69) is 6.92 Å². The van der Waals surface area contributed by atoms with Crippen molar-refractivity contribution in [1.82, 2.24) is 0 Å². The van der Waals surface area contributed by atoms with E-state index in [4.69, 9.17) is 23.7 Å². The van der Waals surface area contributed by atoms with Crippen LogP contribution in [0.3, 0.4) is 0 Å². The molecule has 0 spiro atoms. The SMILES string of the molecule is CCCCCCCCC(COCC1CO1)C(OC)(OC)OC. The molecule has 0 radical (unpaired) electrons. The summed E-state index contributed by atoms with van der Waals surface area (Å²) >= 11 is 0. The van der Waals surface area contributed by atoms with Gasteiger partial charge in [-0.05, 0) is 6.42 Å². The summed E-state index contributed by atoms with van der Waals surface area (Å²) in [6.45, 7) is 4.25. The molecule has 5 nitrogen and oxygen atoms in total. The largest absolute Gasteiger partial charge is 0.378 e. The van der Waals surface area contributed by atoms with E-state index in [1.165, 1.54) is 32.1 Å². The van der Waals surface area contributed by atoms with Crippen molar-refractivity contribution >= 4 is 0 Å². The van der Waals surface area contributed by atoms with Crippen LogP contribution in [0.2, 0.25) is 0 Å². The van der Waals surface area contributed by atoms with Crippen LogP contribution in [-0.2, 0) is 23.7 Å². The van der Waals surface area contributed by atoms with Gasteiger partial charge in [-0.3, -0.25) is 0 Å². The summed E-state index contributed by atoms with van der Waals surface area (Å²) in [4.78, 5) is 0. The van der Waals surface area contributed by atoms with Gasteiger partial charge in [-0.2, -0.15) is 0 Å². The van der Waals surface area contributed by atoms with Crippen LogP contribution < -0.4 is 0 Å². The first kappa shape index (κ1) is 19.8. The van der Waals surface area contributed by atoms with Crippen molar-refractivity contribution in [1.29, 1.82) is 0 Å². The monoisotopic (exact) mass is 318 g/mol. The second-order valence-corrected chi connectivity index (χ2v) is 5.96. The molecule has 0 N–H and O–H groups in total. The molecular weight excluding hydrogens is 284 g/mol. The van der Waals surface area contributed by atoms with E-state index in [1.807, 2.05) is 0 Å². The lowest BCUT2D eigenvalue weighted by Crippen LogP contribution is -2.46. The molecule has 132 valence electrons. The number of hydrogen-bond donors (Lipinski definition) is 0. The van der Waals surface area contributed by atoms with Gasteiger partial charge in [0, 0.05) is 21.3 Å². The second kappa shape index (κ2) is 11.4. The second-order valence-electron chi connectivity index (χ2n) is 5.96. The zero-order valence-electron chi connectivity index (χ0n) is 14.8. The summed E-state index contributed by atoms with van der Waals surface area (Å²) in [5.41, 5.74) is 0. The van der Waals surface area contributed by atoms with Crippen LogP contribution in [0.5, 0.6) is 0 Å². The van der Waals surface area contributed by atoms with Crippen LogP contribution in [0.1, 0.15) is 51.9 Å². The molecule has 1 saturated heterocycles. The van der Waals surface area contributed by atoms with Gasteiger partial charge in [0.25, 0.3) is 5.97 Å². The summed E-state index contributed by atoms with van der Waals surface area (Å²) < 4.78 is 27.5. The number of methoxy groups -OCH3 is 3. The van der Waals surface area contributed by atoms with Crippen molar-refractivity contribution in [2.24, 2.45) is 5.92 Å². The van der Waals surface area contributed by atoms with E-state index in [0.29, 0.717) is 13.2 Å². The third-order valence-corrected chi connectivity index (χ3v) is 4.28. The molecule has 0 aliphatic carbocycles. The van der Waals surface area contributed by atoms with Crippen LogP contribution in [0.4, 0.5) is 0 Å². The van der Waals surface area contributed by atoms with Gasteiger partial charge in [0.15, 0.2) is 0 Å². The summed E-state index contributed by atoms with van der Waals surface area (Å²) in [7, 11) is 4.85. The fourth-order valence-electron chi connectivity index (χ4n) is 2.79. The average Bonchev–Trinajstić information content (AvgIpc) is 3.36. The fourth-order valence-corrected chi connectivity index (χ4v) is 2.79. The van der Waals surface area contributed by atoms with Crippen molar-refractivity contribution in [2.45, 2.75) is 63.9 Å². The molecule has 2 atom stereocenters. The normalized spacial score (nSPS) is 19.4. The Kier molecular flexibility index (Phi) is 10.2. The molecule has 0 aromatic heterocycles. The van der Waals surface area contributed by atoms with Gasteiger partial charge in [0.05, 0.1) is 25.7 Å². The molecule has 22 heavy (non-hydrogen) atoms. The Morgan fingerprint density at radius 3 is 2.14 bits per heavy atom. The van der Waals surface area contributed by atoms with Gasteiger partial charge in [0.1, 0.15) is 6.10 Å². The number of hydrogen-bond acceptors (Lipinski definition) is 5. The summed E-state index contributed by atoms with van der Waals surface area (Å²) in [5, 5.41) is 0. The molecule has 1 rings (SSSR count). The number of epoxide rings is 1. The Morgan fingerprint density at radius 2 is 1.59 bits per heavy atom. The smallest absolute Gasteiger partial charge is 0.287 e. The van der Waals surface area contributed by atoms with Crippen LogP contribution in [0.25, 0.3) is 0 Å². The van der Waals surface area contributed by atoms with E-state index >= 15 is 0 Å². The highest BCUT2D eigenvalue weighted by atomic mass is 16.9. The van der Waals surface area contributed by atoms with Crippen molar-refractivity contribution < 1.29 is 23.7 Å². The van der Waals surface area contributed by atoms with E-state index in [9.17, 15) is 0 Å². The van der Waals surface area contributed by atoms with E-state index in [0.717, 1.165) is 19.4 Å². The summed E-state index contributed by atoms with van der Waals surface area (Å²) in [6, 6.07) is 0. The topological polar surface area (TPSA) is 49.5 Å². The molecule has 1 fully saturated rings. The van der Waals surface area contributed by atoms with Crippen molar-refractivity contribution in [2.75, 3.05) is 41.2 Å². The van der Waals surface area contributed by atoms with Crippen LogP contribution in [0, 0.1) is 5.92 Å². The first-order valence-corrected chi connectivity index (χ1v) is 8.57. The maximum absolute atomic E-state index is 5.76. The Hall–Kier alpha value is -0.200. The molecule has 1 heterocycles. The summed E-state index contributed by atoms with van der Waals surface area (Å²) in [6.07, 6.45) is 8.82. The number of ether oxygens (including phenoxy) is 5. The Bertz CT molecular complexity index is 256. The molecule has 0 bridgehead atoms. The maximum atomic E-state index is 5.76. The van der Waals surface area contributed by atoms with Crippen molar-refractivity contribution in [3.63, 3.8) is 0 Å². The lowest BCUT2D eigenvalue weighted by molar-refractivity contribution is -0.383. The molecule has 0 amide bonds. The Morgan fingerprint density at radius 1 is 1.00 bits per heavy atom. The number of rotatable bonds is 15. The fraction of sp³-hybridized carbons (Fsp3) is 1.00. The van der Waals surface area contributed by atoms with E-state index in [-0.39, 0.29) is 12.0 Å².